The molecule has 0 aliphatic heterocycles. The summed E-state index contributed by atoms with van der Waals surface area (Å²) in [5.41, 5.74) is 1.21. The van der Waals surface area contributed by atoms with Crippen molar-refractivity contribution < 1.29 is 28.6 Å². The average Bonchev–Trinajstić information content (AvgIpc) is 2.71. The Morgan fingerprint density at radius 3 is 2.48 bits per heavy atom. The summed E-state index contributed by atoms with van der Waals surface area (Å²) in [5.74, 6) is -0.697. The lowest BCUT2D eigenvalue weighted by Gasteiger charge is -2.15. The standard InChI is InChI=1S/C21H22ClNO6/c1-13(24)15-8-9-18(19(10-15)27-3)28-12-20(25)29-14(2)21(26)23-11-16-6-4-5-7-17(16)22/h4-10,14H,11-12H2,1-3H3,(H,23,26). The number of carbonyl (C=O) groups is 3. The maximum atomic E-state index is 12.1. The first-order chi connectivity index (χ1) is 13.8. The van der Waals surface area contributed by atoms with Crippen LogP contribution in [0.2, 0.25) is 5.02 Å². The summed E-state index contributed by atoms with van der Waals surface area (Å²) < 4.78 is 15.6. The number of ether oxygens (including phenoxy) is 3. The first-order valence-electron chi connectivity index (χ1n) is 8.84. The van der Waals surface area contributed by atoms with E-state index in [1.54, 1.807) is 24.3 Å². The van der Waals surface area contributed by atoms with Crippen LogP contribution < -0.4 is 14.8 Å². The Kier molecular flexibility index (Phi) is 8.03. The van der Waals surface area contributed by atoms with E-state index >= 15 is 0 Å². The Bertz CT molecular complexity index is 898. The van der Waals surface area contributed by atoms with E-state index in [2.05, 4.69) is 5.32 Å². The third-order valence-electron chi connectivity index (χ3n) is 4.00. The molecule has 0 aliphatic rings. The lowest BCUT2D eigenvalue weighted by atomic mass is 10.1. The number of rotatable bonds is 9. The zero-order valence-electron chi connectivity index (χ0n) is 16.4. The van der Waals surface area contributed by atoms with Gasteiger partial charge in [0.2, 0.25) is 0 Å². The number of hydrogen-bond acceptors (Lipinski definition) is 6. The molecule has 7 nitrogen and oxygen atoms in total. The minimum atomic E-state index is -1.00. The van der Waals surface area contributed by atoms with Gasteiger partial charge in [-0.1, -0.05) is 29.8 Å². The van der Waals surface area contributed by atoms with Crippen molar-refractivity contribution in [2.45, 2.75) is 26.5 Å². The average molecular weight is 420 g/mol. The quantitative estimate of drug-likeness (QED) is 0.496. The molecular formula is C21H22ClNO6. The molecule has 1 atom stereocenters. The second kappa shape index (κ2) is 10.5. The van der Waals surface area contributed by atoms with Crippen LogP contribution in [0.3, 0.4) is 0 Å². The number of carbonyl (C=O) groups excluding carboxylic acids is 3. The number of amides is 1. The van der Waals surface area contributed by atoms with Gasteiger partial charge in [-0.3, -0.25) is 9.59 Å². The van der Waals surface area contributed by atoms with E-state index in [-0.39, 0.29) is 18.1 Å². The molecule has 2 aromatic carbocycles. The zero-order valence-corrected chi connectivity index (χ0v) is 17.1. The molecular weight excluding hydrogens is 398 g/mol. The molecule has 1 amide bonds. The van der Waals surface area contributed by atoms with Crippen LogP contribution in [-0.2, 0) is 20.9 Å². The summed E-state index contributed by atoms with van der Waals surface area (Å²) >= 11 is 6.04. The summed E-state index contributed by atoms with van der Waals surface area (Å²) in [6.07, 6.45) is -1.00. The SMILES string of the molecule is COc1cc(C(C)=O)ccc1OCC(=O)OC(C)C(=O)NCc1ccccc1Cl. The molecule has 154 valence electrons. The number of Topliss-reactive ketones (excluding diaryl/α,β-unsaturated/α-hetero) is 1. The van der Waals surface area contributed by atoms with Gasteiger partial charge in [0.15, 0.2) is 30.0 Å². The first-order valence-corrected chi connectivity index (χ1v) is 9.22. The number of methoxy groups -OCH3 is 1. The van der Waals surface area contributed by atoms with Crippen LogP contribution in [0.4, 0.5) is 0 Å². The molecule has 0 aromatic heterocycles. The van der Waals surface area contributed by atoms with E-state index in [1.165, 1.54) is 33.1 Å². The number of halogens is 1. The second-order valence-electron chi connectivity index (χ2n) is 6.15. The van der Waals surface area contributed by atoms with Crippen molar-refractivity contribution in [1.29, 1.82) is 0 Å². The summed E-state index contributed by atoms with van der Waals surface area (Å²) in [6.45, 7) is 2.70. The van der Waals surface area contributed by atoms with Crippen LogP contribution in [-0.4, -0.2) is 37.5 Å². The molecule has 29 heavy (non-hydrogen) atoms. The van der Waals surface area contributed by atoms with Gasteiger partial charge in [0.05, 0.1) is 7.11 Å². The second-order valence-corrected chi connectivity index (χ2v) is 6.56. The van der Waals surface area contributed by atoms with Crippen molar-refractivity contribution in [1.82, 2.24) is 5.32 Å². The molecule has 0 heterocycles. The van der Waals surface area contributed by atoms with Gasteiger partial charge in [0.25, 0.3) is 5.91 Å². The fourth-order valence-corrected chi connectivity index (χ4v) is 2.60. The fraction of sp³-hybridized carbons (Fsp3) is 0.286. The summed E-state index contributed by atoms with van der Waals surface area (Å²) in [6, 6.07) is 11.7. The lowest BCUT2D eigenvalue weighted by molar-refractivity contribution is -0.156. The molecule has 2 rings (SSSR count). The van der Waals surface area contributed by atoms with Gasteiger partial charge in [-0.2, -0.15) is 0 Å². The van der Waals surface area contributed by atoms with E-state index in [0.717, 1.165) is 5.56 Å². The topological polar surface area (TPSA) is 90.9 Å². The normalized spacial score (nSPS) is 11.3. The molecule has 8 heteroatoms. The minimum absolute atomic E-state index is 0.120. The highest BCUT2D eigenvalue weighted by molar-refractivity contribution is 6.31. The van der Waals surface area contributed by atoms with Crippen LogP contribution in [0.25, 0.3) is 0 Å². The highest BCUT2D eigenvalue weighted by atomic mass is 35.5. The Hall–Kier alpha value is -3.06. The molecule has 0 radical (unpaired) electrons. The number of benzene rings is 2. The Morgan fingerprint density at radius 2 is 1.83 bits per heavy atom. The smallest absolute Gasteiger partial charge is 0.344 e. The van der Waals surface area contributed by atoms with Crippen molar-refractivity contribution >= 4 is 29.3 Å². The highest BCUT2D eigenvalue weighted by Gasteiger charge is 2.19. The molecule has 0 saturated heterocycles. The van der Waals surface area contributed by atoms with Crippen LogP contribution in [0.5, 0.6) is 11.5 Å². The Morgan fingerprint density at radius 1 is 1.10 bits per heavy atom. The van der Waals surface area contributed by atoms with Crippen LogP contribution >= 0.6 is 11.6 Å². The predicted octanol–water partition coefficient (Wildman–Crippen LogP) is 3.18. The van der Waals surface area contributed by atoms with Gasteiger partial charge in [-0.05, 0) is 43.7 Å². The Labute approximate surface area is 173 Å². The molecule has 1 N–H and O–H groups in total. The van der Waals surface area contributed by atoms with E-state index < -0.39 is 24.6 Å². The predicted molar refractivity (Wildman–Crippen MR) is 107 cm³/mol. The van der Waals surface area contributed by atoms with Gasteiger partial charge in [0, 0.05) is 17.1 Å². The van der Waals surface area contributed by atoms with E-state index in [4.69, 9.17) is 25.8 Å². The molecule has 0 aliphatic carbocycles. The van der Waals surface area contributed by atoms with Gasteiger partial charge < -0.3 is 19.5 Å². The Balaban J connectivity index is 1.84. The van der Waals surface area contributed by atoms with Crippen molar-refractivity contribution in [2.24, 2.45) is 0 Å². The summed E-state index contributed by atoms with van der Waals surface area (Å²) in [5, 5.41) is 3.20. The molecule has 0 fully saturated rings. The van der Waals surface area contributed by atoms with E-state index in [0.29, 0.717) is 16.3 Å². The maximum absolute atomic E-state index is 12.1. The third-order valence-corrected chi connectivity index (χ3v) is 4.37. The summed E-state index contributed by atoms with van der Waals surface area (Å²) in [4.78, 5) is 35.5. The zero-order chi connectivity index (χ0) is 21.4. The lowest BCUT2D eigenvalue weighted by Crippen LogP contribution is -2.36. The number of ketones is 1. The van der Waals surface area contributed by atoms with Gasteiger partial charge in [-0.15, -0.1) is 0 Å². The van der Waals surface area contributed by atoms with Crippen molar-refractivity contribution in [3.8, 4) is 11.5 Å². The van der Waals surface area contributed by atoms with Crippen molar-refractivity contribution in [3.05, 3.63) is 58.6 Å². The van der Waals surface area contributed by atoms with E-state index in [1.807, 2.05) is 6.07 Å². The van der Waals surface area contributed by atoms with Crippen molar-refractivity contribution in [2.75, 3.05) is 13.7 Å². The van der Waals surface area contributed by atoms with Crippen molar-refractivity contribution in [3.63, 3.8) is 0 Å². The molecule has 0 bridgehead atoms. The summed E-state index contributed by atoms with van der Waals surface area (Å²) in [7, 11) is 1.43. The highest BCUT2D eigenvalue weighted by Crippen LogP contribution is 2.28. The number of hydrogen-bond donors (Lipinski definition) is 1. The molecule has 1 unspecified atom stereocenters. The monoisotopic (exact) mass is 419 g/mol. The molecule has 0 spiro atoms. The molecule has 2 aromatic rings. The van der Waals surface area contributed by atoms with Crippen LogP contribution in [0.15, 0.2) is 42.5 Å². The van der Waals surface area contributed by atoms with Crippen LogP contribution in [0, 0.1) is 0 Å². The minimum Gasteiger partial charge on any atom is -0.493 e. The first kappa shape index (κ1) is 22.2. The fourth-order valence-electron chi connectivity index (χ4n) is 2.40. The molecule has 0 saturated carbocycles. The number of esters is 1. The maximum Gasteiger partial charge on any atom is 0.344 e. The van der Waals surface area contributed by atoms with Crippen LogP contribution in [0.1, 0.15) is 29.8 Å². The number of nitrogens with one attached hydrogen (secondary N) is 1. The van der Waals surface area contributed by atoms with Gasteiger partial charge >= 0.3 is 5.97 Å². The van der Waals surface area contributed by atoms with E-state index in [9.17, 15) is 14.4 Å². The third kappa shape index (κ3) is 6.50. The largest absolute Gasteiger partial charge is 0.493 e. The van der Waals surface area contributed by atoms with Gasteiger partial charge in [0.1, 0.15) is 0 Å². The van der Waals surface area contributed by atoms with Gasteiger partial charge in [-0.25, -0.2) is 4.79 Å².